The summed E-state index contributed by atoms with van der Waals surface area (Å²) in [5.41, 5.74) is 2.18. The molecule has 0 saturated carbocycles. The van der Waals surface area contributed by atoms with Gasteiger partial charge in [-0.3, -0.25) is 4.68 Å². The molecule has 1 aromatic heterocycles. The van der Waals surface area contributed by atoms with E-state index < -0.39 is 0 Å². The third-order valence-corrected chi connectivity index (χ3v) is 4.00. The van der Waals surface area contributed by atoms with Gasteiger partial charge in [-0.15, -0.1) is 0 Å². The Balaban J connectivity index is 1.63. The van der Waals surface area contributed by atoms with Gasteiger partial charge in [0.2, 0.25) is 0 Å². The number of nitrogens with zero attached hydrogens (tertiary/aromatic N) is 3. The summed E-state index contributed by atoms with van der Waals surface area (Å²) in [7, 11) is 1.93. The van der Waals surface area contributed by atoms with Crippen molar-refractivity contribution < 1.29 is 4.74 Å². The zero-order valence-electron chi connectivity index (χ0n) is 15.7. The van der Waals surface area contributed by atoms with Crippen LogP contribution in [0.1, 0.15) is 18.2 Å². The Morgan fingerprint density at radius 1 is 1.04 bits per heavy atom. The highest BCUT2D eigenvalue weighted by molar-refractivity contribution is 5.79. The van der Waals surface area contributed by atoms with Gasteiger partial charge in [-0.05, 0) is 42.8 Å². The highest BCUT2D eigenvalue weighted by atomic mass is 16.5. The number of benzene rings is 2. The molecule has 0 unspecified atom stereocenters. The van der Waals surface area contributed by atoms with E-state index in [0.717, 1.165) is 35.3 Å². The number of hydrogen-bond acceptors (Lipinski definition) is 3. The van der Waals surface area contributed by atoms with E-state index in [4.69, 9.17) is 4.74 Å². The van der Waals surface area contributed by atoms with Gasteiger partial charge in [0.15, 0.2) is 5.96 Å². The number of hydrogen-bond donors (Lipinski definition) is 2. The highest BCUT2D eigenvalue weighted by Gasteiger charge is 2.03. The zero-order chi connectivity index (χ0) is 18.9. The number of ether oxygens (including phenoxy) is 1. The molecule has 2 aromatic carbocycles. The number of aliphatic imine (C=N–C) groups is 1. The number of para-hydroxylation sites is 1. The van der Waals surface area contributed by atoms with Gasteiger partial charge in [0.05, 0.1) is 18.8 Å². The molecule has 27 heavy (non-hydrogen) atoms. The van der Waals surface area contributed by atoms with E-state index in [1.165, 1.54) is 0 Å². The fourth-order valence-corrected chi connectivity index (χ4v) is 2.59. The van der Waals surface area contributed by atoms with Crippen molar-refractivity contribution >= 4 is 5.96 Å². The summed E-state index contributed by atoms with van der Waals surface area (Å²) in [5, 5.41) is 10.8. The largest absolute Gasteiger partial charge is 0.457 e. The molecule has 6 heteroatoms. The number of nitrogens with one attached hydrogen (secondary N) is 2. The third-order valence-electron chi connectivity index (χ3n) is 4.00. The quantitative estimate of drug-likeness (QED) is 0.498. The molecule has 0 saturated heterocycles. The molecule has 0 bridgehead atoms. The number of aryl methyl sites for hydroxylation is 1. The van der Waals surface area contributed by atoms with Crippen LogP contribution in [0.3, 0.4) is 0 Å². The van der Waals surface area contributed by atoms with E-state index in [0.29, 0.717) is 13.1 Å². The molecule has 1 heterocycles. The second-order valence-electron chi connectivity index (χ2n) is 6.06. The molecule has 0 amide bonds. The average Bonchev–Trinajstić information content (AvgIpc) is 3.10. The Morgan fingerprint density at radius 3 is 2.59 bits per heavy atom. The topological polar surface area (TPSA) is 63.5 Å². The van der Waals surface area contributed by atoms with Crippen LogP contribution in [-0.2, 0) is 20.1 Å². The minimum absolute atomic E-state index is 0.562. The molecule has 0 aliphatic heterocycles. The van der Waals surface area contributed by atoms with Crippen molar-refractivity contribution in [2.75, 3.05) is 6.54 Å². The predicted molar refractivity (Wildman–Crippen MR) is 108 cm³/mol. The first kappa shape index (κ1) is 18.5. The van der Waals surface area contributed by atoms with E-state index in [-0.39, 0.29) is 0 Å². The average molecular weight is 363 g/mol. The molecule has 6 nitrogen and oxygen atoms in total. The van der Waals surface area contributed by atoms with Crippen LogP contribution >= 0.6 is 0 Å². The highest BCUT2D eigenvalue weighted by Crippen LogP contribution is 2.22. The molecule has 140 valence electrons. The summed E-state index contributed by atoms with van der Waals surface area (Å²) >= 11 is 0. The van der Waals surface area contributed by atoms with E-state index in [1.807, 2.05) is 72.4 Å². The first-order valence-electron chi connectivity index (χ1n) is 9.05. The van der Waals surface area contributed by atoms with Gasteiger partial charge >= 0.3 is 0 Å². The molecule has 0 aliphatic carbocycles. The lowest BCUT2D eigenvalue weighted by Crippen LogP contribution is -2.37. The fraction of sp³-hybridized carbons (Fsp3) is 0.238. The van der Waals surface area contributed by atoms with Crippen LogP contribution in [0, 0.1) is 0 Å². The monoisotopic (exact) mass is 363 g/mol. The van der Waals surface area contributed by atoms with Gasteiger partial charge in [-0.25, -0.2) is 4.99 Å². The number of rotatable bonds is 7. The standard InChI is InChI=1S/C21H25N5O/c1-3-22-21(24-16-18-12-13-25-26(18)2)23-15-17-8-7-11-20(14-17)27-19-9-5-4-6-10-19/h4-14H,3,15-16H2,1-2H3,(H2,22,23,24). The van der Waals surface area contributed by atoms with Crippen LogP contribution in [0.2, 0.25) is 0 Å². The molecule has 3 rings (SSSR count). The molecule has 0 radical (unpaired) electrons. The Labute approximate surface area is 159 Å². The van der Waals surface area contributed by atoms with Crippen molar-refractivity contribution in [3.8, 4) is 11.5 Å². The number of aromatic nitrogens is 2. The summed E-state index contributed by atoms with van der Waals surface area (Å²) in [6.45, 7) is 4.08. The van der Waals surface area contributed by atoms with Crippen LogP contribution in [0.25, 0.3) is 0 Å². The van der Waals surface area contributed by atoms with Crippen molar-refractivity contribution in [3.63, 3.8) is 0 Å². The van der Waals surface area contributed by atoms with Crippen LogP contribution < -0.4 is 15.4 Å². The lowest BCUT2D eigenvalue weighted by molar-refractivity contribution is 0.482. The lowest BCUT2D eigenvalue weighted by Gasteiger charge is -2.12. The zero-order valence-corrected chi connectivity index (χ0v) is 15.7. The summed E-state index contributed by atoms with van der Waals surface area (Å²) in [5.74, 6) is 2.40. The minimum Gasteiger partial charge on any atom is -0.457 e. The van der Waals surface area contributed by atoms with Gasteiger partial charge in [0.25, 0.3) is 0 Å². The second kappa shape index (κ2) is 9.43. The first-order chi connectivity index (χ1) is 13.2. The molecule has 0 spiro atoms. The lowest BCUT2D eigenvalue weighted by atomic mass is 10.2. The Bertz CT molecular complexity index is 873. The second-order valence-corrected chi connectivity index (χ2v) is 6.06. The van der Waals surface area contributed by atoms with Crippen LogP contribution in [-0.4, -0.2) is 22.3 Å². The van der Waals surface area contributed by atoms with E-state index >= 15 is 0 Å². The van der Waals surface area contributed by atoms with Gasteiger partial charge in [-0.2, -0.15) is 5.10 Å². The fourth-order valence-electron chi connectivity index (χ4n) is 2.59. The van der Waals surface area contributed by atoms with Gasteiger partial charge in [0.1, 0.15) is 11.5 Å². The van der Waals surface area contributed by atoms with Crippen LogP contribution in [0.4, 0.5) is 0 Å². The molecule has 0 fully saturated rings. The Hall–Kier alpha value is -3.28. The first-order valence-corrected chi connectivity index (χ1v) is 9.05. The predicted octanol–water partition coefficient (Wildman–Crippen LogP) is 3.47. The summed E-state index contributed by atoms with van der Waals surface area (Å²) in [4.78, 5) is 4.67. The summed E-state index contributed by atoms with van der Waals surface area (Å²) < 4.78 is 7.74. The molecule has 0 atom stereocenters. The van der Waals surface area contributed by atoms with Crippen molar-refractivity contribution in [1.29, 1.82) is 0 Å². The van der Waals surface area contributed by atoms with E-state index in [9.17, 15) is 0 Å². The molecular formula is C21H25N5O. The maximum absolute atomic E-state index is 5.89. The Kier molecular flexibility index (Phi) is 6.46. The Morgan fingerprint density at radius 2 is 1.85 bits per heavy atom. The molecule has 3 aromatic rings. The molecule has 2 N–H and O–H groups in total. The van der Waals surface area contributed by atoms with Crippen LogP contribution in [0.5, 0.6) is 11.5 Å². The van der Waals surface area contributed by atoms with Gasteiger partial charge < -0.3 is 15.4 Å². The van der Waals surface area contributed by atoms with Crippen molar-refractivity contribution in [2.45, 2.75) is 20.0 Å². The summed E-state index contributed by atoms with van der Waals surface area (Å²) in [6, 6.07) is 19.8. The normalized spacial score (nSPS) is 11.3. The maximum atomic E-state index is 5.89. The van der Waals surface area contributed by atoms with Gasteiger partial charge in [0, 0.05) is 19.8 Å². The minimum atomic E-state index is 0.562. The van der Waals surface area contributed by atoms with Crippen molar-refractivity contribution in [2.24, 2.45) is 12.0 Å². The molecular weight excluding hydrogens is 338 g/mol. The molecule has 0 aliphatic rings. The maximum Gasteiger partial charge on any atom is 0.191 e. The number of guanidine groups is 1. The van der Waals surface area contributed by atoms with E-state index in [2.05, 4.69) is 27.6 Å². The van der Waals surface area contributed by atoms with Crippen molar-refractivity contribution in [3.05, 3.63) is 78.1 Å². The van der Waals surface area contributed by atoms with Gasteiger partial charge in [-0.1, -0.05) is 30.3 Å². The summed E-state index contributed by atoms with van der Waals surface area (Å²) in [6.07, 6.45) is 1.79. The van der Waals surface area contributed by atoms with E-state index in [1.54, 1.807) is 6.20 Å². The van der Waals surface area contributed by atoms with Crippen molar-refractivity contribution in [1.82, 2.24) is 20.4 Å². The van der Waals surface area contributed by atoms with Crippen LogP contribution in [0.15, 0.2) is 71.9 Å². The third kappa shape index (κ3) is 5.60. The SMILES string of the molecule is CCNC(=NCc1cccc(Oc2ccccc2)c1)NCc1ccnn1C. The smallest absolute Gasteiger partial charge is 0.191 e.